The maximum atomic E-state index is 10.5. The lowest BCUT2D eigenvalue weighted by molar-refractivity contribution is -0.137. The molecule has 0 amide bonds. The molecule has 0 bridgehead atoms. The second-order valence-corrected chi connectivity index (χ2v) is 4.27. The highest BCUT2D eigenvalue weighted by molar-refractivity contribution is 5.66. The lowest BCUT2D eigenvalue weighted by Gasteiger charge is -2.14. The fraction of sp³-hybridized carbons (Fsp3) is 0.500. The molecule has 0 radical (unpaired) electrons. The van der Waals surface area contributed by atoms with Crippen LogP contribution in [0.1, 0.15) is 49.4 Å². The van der Waals surface area contributed by atoms with E-state index < -0.39 is 5.97 Å². The predicted octanol–water partition coefficient (Wildman–Crippen LogP) is 2.68. The van der Waals surface area contributed by atoms with Crippen molar-refractivity contribution >= 4 is 5.97 Å². The van der Waals surface area contributed by atoms with Crippen LogP contribution in [0.5, 0.6) is 0 Å². The predicted molar refractivity (Wildman–Crippen MR) is 69.0 cm³/mol. The topological polar surface area (TPSA) is 63.3 Å². The second-order valence-electron chi connectivity index (χ2n) is 4.27. The van der Waals surface area contributed by atoms with E-state index >= 15 is 0 Å². The Bertz CT molecular complexity index is 388. The Labute approximate surface area is 103 Å². The fourth-order valence-corrected chi connectivity index (χ4v) is 2.00. The van der Waals surface area contributed by atoms with Crippen molar-refractivity contribution in [3.8, 4) is 0 Å². The van der Waals surface area contributed by atoms with Crippen LogP contribution in [0.4, 0.5) is 0 Å². The molecule has 3 nitrogen and oxygen atoms in total. The Morgan fingerprint density at radius 3 is 2.47 bits per heavy atom. The molecule has 1 rings (SSSR count). The molecule has 0 aromatic heterocycles. The number of carbonyl (C=O) groups is 1. The first-order chi connectivity index (χ1) is 8.08. The number of rotatable bonds is 6. The Morgan fingerprint density at radius 1 is 1.29 bits per heavy atom. The second kappa shape index (κ2) is 6.40. The van der Waals surface area contributed by atoms with Gasteiger partial charge in [0.15, 0.2) is 0 Å². The van der Waals surface area contributed by atoms with Crippen LogP contribution in [0.15, 0.2) is 18.2 Å². The monoisotopic (exact) mass is 235 g/mol. The summed E-state index contributed by atoms with van der Waals surface area (Å²) in [5.74, 6) is -0.790. The van der Waals surface area contributed by atoms with Crippen LogP contribution >= 0.6 is 0 Å². The number of hydrogen-bond donors (Lipinski definition) is 2. The minimum Gasteiger partial charge on any atom is -0.481 e. The lowest BCUT2D eigenvalue weighted by atomic mass is 9.95. The quantitative estimate of drug-likeness (QED) is 0.796. The van der Waals surface area contributed by atoms with Crippen molar-refractivity contribution in [2.75, 3.05) is 0 Å². The first-order valence-corrected chi connectivity index (χ1v) is 6.17. The van der Waals surface area contributed by atoms with Crippen LogP contribution in [0.3, 0.4) is 0 Å². The molecule has 1 atom stereocenters. The van der Waals surface area contributed by atoms with Crippen LogP contribution in [0, 0.1) is 0 Å². The van der Waals surface area contributed by atoms with E-state index in [-0.39, 0.29) is 12.5 Å². The third-order valence-corrected chi connectivity index (χ3v) is 3.09. The van der Waals surface area contributed by atoms with E-state index in [0.717, 1.165) is 18.4 Å². The Balaban J connectivity index is 2.80. The molecular formula is C14H21NO2. The molecule has 0 aliphatic heterocycles. The lowest BCUT2D eigenvalue weighted by Crippen LogP contribution is -2.13. The number of benzene rings is 1. The zero-order valence-corrected chi connectivity index (χ0v) is 10.6. The van der Waals surface area contributed by atoms with Crippen LogP contribution in [-0.4, -0.2) is 11.1 Å². The molecule has 1 unspecified atom stereocenters. The van der Waals surface area contributed by atoms with Gasteiger partial charge in [-0.05, 0) is 36.0 Å². The maximum absolute atomic E-state index is 10.5. The van der Waals surface area contributed by atoms with Gasteiger partial charge in [-0.3, -0.25) is 4.79 Å². The molecule has 0 saturated carbocycles. The van der Waals surface area contributed by atoms with Gasteiger partial charge in [0, 0.05) is 12.5 Å². The van der Waals surface area contributed by atoms with Crippen molar-refractivity contribution < 1.29 is 9.90 Å². The molecule has 1 aromatic rings. The third-order valence-electron chi connectivity index (χ3n) is 3.09. The number of nitrogens with two attached hydrogens (primary N) is 1. The fourth-order valence-electron chi connectivity index (χ4n) is 2.00. The molecule has 0 spiro atoms. The van der Waals surface area contributed by atoms with Gasteiger partial charge in [0.25, 0.3) is 0 Å². The summed E-state index contributed by atoms with van der Waals surface area (Å²) < 4.78 is 0. The van der Waals surface area contributed by atoms with Gasteiger partial charge >= 0.3 is 5.97 Å². The van der Waals surface area contributed by atoms with Crippen LogP contribution in [0.25, 0.3) is 0 Å². The highest BCUT2D eigenvalue weighted by Gasteiger charge is 2.10. The van der Waals surface area contributed by atoms with Gasteiger partial charge < -0.3 is 10.8 Å². The number of hydrogen-bond acceptors (Lipinski definition) is 2. The van der Waals surface area contributed by atoms with Crippen LogP contribution in [0.2, 0.25) is 0 Å². The Hall–Kier alpha value is -1.35. The van der Waals surface area contributed by atoms with E-state index in [0.29, 0.717) is 6.42 Å². The molecule has 0 saturated heterocycles. The van der Waals surface area contributed by atoms with Crippen LogP contribution in [-0.2, 0) is 17.6 Å². The van der Waals surface area contributed by atoms with Crippen molar-refractivity contribution in [1.29, 1.82) is 0 Å². The summed E-state index contributed by atoms with van der Waals surface area (Å²) in [6, 6.07) is 6.06. The molecule has 94 valence electrons. The third kappa shape index (κ3) is 3.86. The summed E-state index contributed by atoms with van der Waals surface area (Å²) in [5, 5.41) is 8.64. The van der Waals surface area contributed by atoms with Gasteiger partial charge in [0.1, 0.15) is 0 Å². The minimum absolute atomic E-state index is 0.123. The molecule has 3 N–H and O–H groups in total. The van der Waals surface area contributed by atoms with Gasteiger partial charge in [0.05, 0.1) is 0 Å². The summed E-state index contributed by atoms with van der Waals surface area (Å²) in [6.07, 6.45) is 2.62. The number of carboxylic acid groups (broad SMARTS) is 1. The summed E-state index contributed by atoms with van der Waals surface area (Å²) in [6.45, 7) is 4.26. The normalized spacial score (nSPS) is 12.4. The van der Waals surface area contributed by atoms with E-state index in [4.69, 9.17) is 10.8 Å². The van der Waals surface area contributed by atoms with Crippen molar-refractivity contribution in [2.45, 2.75) is 45.6 Å². The summed E-state index contributed by atoms with van der Waals surface area (Å²) in [4.78, 5) is 10.5. The first kappa shape index (κ1) is 13.7. The Kier molecular flexibility index (Phi) is 5.16. The van der Waals surface area contributed by atoms with Gasteiger partial charge in [-0.2, -0.15) is 0 Å². The summed E-state index contributed by atoms with van der Waals surface area (Å²) in [5.41, 5.74) is 9.70. The van der Waals surface area contributed by atoms with Gasteiger partial charge in [0.2, 0.25) is 0 Å². The number of aryl methyl sites for hydroxylation is 2. The standard InChI is InChI=1S/C14H21NO2/c1-3-10-5-6-12(9-11(10)4-2)13(15)7-8-14(16)17/h5-6,9,13H,3-4,7-8,15H2,1-2H3,(H,16,17). The van der Waals surface area contributed by atoms with E-state index in [1.807, 2.05) is 6.07 Å². The van der Waals surface area contributed by atoms with Crippen molar-refractivity contribution in [1.82, 2.24) is 0 Å². The smallest absolute Gasteiger partial charge is 0.303 e. The molecule has 1 aromatic carbocycles. The van der Waals surface area contributed by atoms with E-state index in [9.17, 15) is 4.79 Å². The van der Waals surface area contributed by atoms with Crippen molar-refractivity contribution in [2.24, 2.45) is 5.73 Å². The number of aliphatic carboxylic acids is 1. The van der Waals surface area contributed by atoms with Gasteiger partial charge in [-0.25, -0.2) is 0 Å². The zero-order valence-electron chi connectivity index (χ0n) is 10.6. The highest BCUT2D eigenvalue weighted by Crippen LogP contribution is 2.20. The molecular weight excluding hydrogens is 214 g/mol. The molecule has 0 aliphatic rings. The molecule has 0 heterocycles. The van der Waals surface area contributed by atoms with E-state index in [1.165, 1.54) is 11.1 Å². The van der Waals surface area contributed by atoms with Crippen molar-refractivity contribution in [3.05, 3.63) is 34.9 Å². The molecule has 0 aliphatic carbocycles. The molecule has 0 fully saturated rings. The largest absolute Gasteiger partial charge is 0.481 e. The van der Waals surface area contributed by atoms with Gasteiger partial charge in [-0.1, -0.05) is 32.0 Å². The molecule has 17 heavy (non-hydrogen) atoms. The van der Waals surface area contributed by atoms with E-state index in [1.54, 1.807) is 0 Å². The highest BCUT2D eigenvalue weighted by atomic mass is 16.4. The van der Waals surface area contributed by atoms with Crippen LogP contribution < -0.4 is 5.73 Å². The maximum Gasteiger partial charge on any atom is 0.303 e. The summed E-state index contributed by atoms with van der Waals surface area (Å²) >= 11 is 0. The Morgan fingerprint density at radius 2 is 1.94 bits per heavy atom. The van der Waals surface area contributed by atoms with Crippen molar-refractivity contribution in [3.63, 3.8) is 0 Å². The molecule has 3 heteroatoms. The average molecular weight is 235 g/mol. The average Bonchev–Trinajstić information content (AvgIpc) is 2.34. The first-order valence-electron chi connectivity index (χ1n) is 6.17. The zero-order chi connectivity index (χ0) is 12.8. The minimum atomic E-state index is -0.790. The van der Waals surface area contributed by atoms with Gasteiger partial charge in [-0.15, -0.1) is 0 Å². The van der Waals surface area contributed by atoms with E-state index in [2.05, 4.69) is 26.0 Å². The number of carboxylic acids is 1. The SMILES string of the molecule is CCc1ccc(C(N)CCC(=O)O)cc1CC. The summed E-state index contributed by atoms with van der Waals surface area (Å²) in [7, 11) is 0.